The molecule has 5 nitrogen and oxygen atoms in total. The standard InChI is InChI=1S/C24H30N4O/c1-3-12-27-14-10-21(11-15-27)25-16-20-6-8-23(9-7-20)29-18-22-17-28-13-4-5-19(2)24(28)26-22/h3-9,13,17,21,25H,1,10-12,14-16,18H2,2H3. The highest BCUT2D eigenvalue weighted by atomic mass is 16.5. The van der Waals surface area contributed by atoms with Gasteiger partial charge in [-0.1, -0.05) is 24.3 Å². The Morgan fingerprint density at radius 2 is 2.00 bits per heavy atom. The summed E-state index contributed by atoms with van der Waals surface area (Å²) in [5.74, 6) is 0.875. The largest absolute Gasteiger partial charge is 0.487 e. The normalized spacial score (nSPS) is 15.6. The third-order valence-corrected chi connectivity index (χ3v) is 5.61. The lowest BCUT2D eigenvalue weighted by atomic mass is 10.0. The van der Waals surface area contributed by atoms with Crippen LogP contribution in [0.25, 0.3) is 5.65 Å². The van der Waals surface area contributed by atoms with E-state index in [1.807, 2.05) is 41.1 Å². The molecule has 1 aromatic carbocycles. The molecule has 152 valence electrons. The van der Waals surface area contributed by atoms with Crippen LogP contribution in [-0.2, 0) is 13.2 Å². The van der Waals surface area contributed by atoms with Gasteiger partial charge in [0.2, 0.25) is 0 Å². The first kappa shape index (κ1) is 19.7. The minimum absolute atomic E-state index is 0.474. The molecule has 0 saturated carbocycles. The zero-order valence-corrected chi connectivity index (χ0v) is 17.2. The second-order valence-corrected chi connectivity index (χ2v) is 7.83. The second kappa shape index (κ2) is 9.25. The lowest BCUT2D eigenvalue weighted by molar-refractivity contribution is 0.214. The summed E-state index contributed by atoms with van der Waals surface area (Å²) in [6, 6.07) is 13.1. The SMILES string of the molecule is C=CCN1CCC(NCc2ccc(OCc3cn4cccc(C)c4n3)cc2)CC1. The topological polar surface area (TPSA) is 41.8 Å². The quantitative estimate of drug-likeness (QED) is 0.591. The summed E-state index contributed by atoms with van der Waals surface area (Å²) in [5, 5.41) is 3.69. The fourth-order valence-electron chi connectivity index (χ4n) is 3.90. The smallest absolute Gasteiger partial charge is 0.140 e. The first-order valence-electron chi connectivity index (χ1n) is 10.4. The van der Waals surface area contributed by atoms with Gasteiger partial charge in [0.15, 0.2) is 0 Å². The lowest BCUT2D eigenvalue weighted by Gasteiger charge is -2.31. The molecule has 0 unspecified atom stereocenters. The number of aromatic nitrogens is 2. The van der Waals surface area contributed by atoms with Crippen LogP contribution in [0.2, 0.25) is 0 Å². The number of rotatable bonds is 8. The molecule has 2 aromatic heterocycles. The van der Waals surface area contributed by atoms with Crippen LogP contribution < -0.4 is 10.1 Å². The highest BCUT2D eigenvalue weighted by Crippen LogP contribution is 2.16. The Bertz CT molecular complexity index is 939. The fraction of sp³-hybridized carbons (Fsp3) is 0.375. The molecule has 1 aliphatic rings. The van der Waals surface area contributed by atoms with E-state index in [0.717, 1.165) is 43.3 Å². The fourth-order valence-corrected chi connectivity index (χ4v) is 3.90. The predicted molar refractivity (Wildman–Crippen MR) is 117 cm³/mol. The van der Waals surface area contributed by atoms with Crippen LogP contribution in [0.5, 0.6) is 5.75 Å². The predicted octanol–water partition coefficient (Wildman–Crippen LogP) is 3.96. The van der Waals surface area contributed by atoms with Crippen molar-refractivity contribution in [3.63, 3.8) is 0 Å². The Morgan fingerprint density at radius 1 is 1.21 bits per heavy atom. The first-order chi connectivity index (χ1) is 14.2. The molecule has 1 N–H and O–H groups in total. The Hall–Kier alpha value is -2.63. The van der Waals surface area contributed by atoms with Gasteiger partial charge in [-0.15, -0.1) is 6.58 Å². The Kier molecular flexibility index (Phi) is 6.27. The zero-order chi connectivity index (χ0) is 20.1. The summed E-state index contributed by atoms with van der Waals surface area (Å²) in [6.45, 7) is 10.6. The lowest BCUT2D eigenvalue weighted by Crippen LogP contribution is -2.42. The number of ether oxygens (including phenoxy) is 1. The maximum absolute atomic E-state index is 5.94. The molecule has 0 bridgehead atoms. The van der Waals surface area contributed by atoms with Crippen LogP contribution in [-0.4, -0.2) is 40.0 Å². The molecule has 4 rings (SSSR count). The Labute approximate surface area is 173 Å². The molecule has 0 spiro atoms. The molecule has 0 radical (unpaired) electrons. The van der Waals surface area contributed by atoms with Gasteiger partial charge < -0.3 is 14.5 Å². The number of likely N-dealkylation sites (tertiary alicyclic amines) is 1. The Morgan fingerprint density at radius 3 is 2.72 bits per heavy atom. The van der Waals surface area contributed by atoms with Crippen molar-refractivity contribution in [3.05, 3.63) is 78.3 Å². The third kappa shape index (κ3) is 5.05. The molecular formula is C24H30N4O. The molecule has 29 heavy (non-hydrogen) atoms. The van der Waals surface area contributed by atoms with E-state index >= 15 is 0 Å². The number of nitrogens with zero attached hydrogens (tertiary/aromatic N) is 3. The summed E-state index contributed by atoms with van der Waals surface area (Å²) in [5.41, 5.74) is 4.38. The van der Waals surface area contributed by atoms with Crippen molar-refractivity contribution in [2.75, 3.05) is 19.6 Å². The van der Waals surface area contributed by atoms with Gasteiger partial charge in [-0.2, -0.15) is 0 Å². The summed E-state index contributed by atoms with van der Waals surface area (Å²) in [4.78, 5) is 7.12. The van der Waals surface area contributed by atoms with Gasteiger partial charge >= 0.3 is 0 Å². The van der Waals surface area contributed by atoms with E-state index in [1.54, 1.807) is 0 Å². The molecule has 1 fully saturated rings. The molecule has 5 heteroatoms. The average molecular weight is 391 g/mol. The maximum atomic E-state index is 5.94. The summed E-state index contributed by atoms with van der Waals surface area (Å²) >= 11 is 0. The number of hydrogen-bond acceptors (Lipinski definition) is 4. The molecule has 0 amide bonds. The van der Waals surface area contributed by atoms with E-state index in [0.29, 0.717) is 12.6 Å². The van der Waals surface area contributed by atoms with E-state index in [4.69, 9.17) is 4.74 Å². The van der Waals surface area contributed by atoms with Crippen molar-refractivity contribution in [2.45, 2.75) is 39.0 Å². The minimum atomic E-state index is 0.474. The van der Waals surface area contributed by atoms with Crippen LogP contribution >= 0.6 is 0 Å². The van der Waals surface area contributed by atoms with E-state index < -0.39 is 0 Å². The van der Waals surface area contributed by atoms with Crippen LogP contribution in [0.15, 0.2) is 61.4 Å². The molecule has 0 atom stereocenters. The number of fused-ring (bicyclic) bond motifs is 1. The van der Waals surface area contributed by atoms with Crippen molar-refractivity contribution in [1.82, 2.24) is 19.6 Å². The number of imidazole rings is 1. The molecule has 1 aliphatic heterocycles. The van der Waals surface area contributed by atoms with Crippen LogP contribution in [0.4, 0.5) is 0 Å². The van der Waals surface area contributed by atoms with E-state index in [9.17, 15) is 0 Å². The summed E-state index contributed by atoms with van der Waals surface area (Å²) < 4.78 is 7.98. The van der Waals surface area contributed by atoms with E-state index in [2.05, 4.69) is 46.9 Å². The highest BCUT2D eigenvalue weighted by molar-refractivity contribution is 5.47. The van der Waals surface area contributed by atoms with E-state index in [1.165, 1.54) is 24.0 Å². The zero-order valence-electron chi connectivity index (χ0n) is 17.2. The number of piperidine rings is 1. The van der Waals surface area contributed by atoms with Crippen molar-refractivity contribution < 1.29 is 4.74 Å². The van der Waals surface area contributed by atoms with Crippen molar-refractivity contribution in [1.29, 1.82) is 0 Å². The van der Waals surface area contributed by atoms with Gasteiger partial charge in [0.05, 0.1) is 5.69 Å². The molecule has 3 heterocycles. The first-order valence-corrected chi connectivity index (χ1v) is 10.4. The Balaban J connectivity index is 1.25. The van der Waals surface area contributed by atoms with E-state index in [-0.39, 0.29) is 0 Å². The molecular weight excluding hydrogens is 360 g/mol. The number of nitrogens with one attached hydrogen (secondary N) is 1. The second-order valence-electron chi connectivity index (χ2n) is 7.83. The van der Waals surface area contributed by atoms with Gasteiger partial charge in [-0.05, 0) is 62.2 Å². The summed E-state index contributed by atoms with van der Waals surface area (Å²) in [6.07, 6.45) is 8.44. The van der Waals surface area contributed by atoms with Crippen molar-refractivity contribution in [2.24, 2.45) is 0 Å². The van der Waals surface area contributed by atoms with Crippen LogP contribution in [0.1, 0.15) is 29.7 Å². The number of aryl methyl sites for hydroxylation is 1. The minimum Gasteiger partial charge on any atom is -0.487 e. The molecule has 3 aromatic rings. The van der Waals surface area contributed by atoms with Gasteiger partial charge in [0.1, 0.15) is 18.0 Å². The van der Waals surface area contributed by atoms with Crippen LogP contribution in [0.3, 0.4) is 0 Å². The van der Waals surface area contributed by atoms with Gasteiger partial charge in [-0.3, -0.25) is 4.90 Å². The summed E-state index contributed by atoms with van der Waals surface area (Å²) in [7, 11) is 0. The highest BCUT2D eigenvalue weighted by Gasteiger charge is 2.17. The maximum Gasteiger partial charge on any atom is 0.140 e. The monoisotopic (exact) mass is 390 g/mol. The molecule has 1 saturated heterocycles. The van der Waals surface area contributed by atoms with Crippen molar-refractivity contribution in [3.8, 4) is 5.75 Å². The van der Waals surface area contributed by atoms with Gasteiger partial charge in [0, 0.05) is 31.5 Å². The van der Waals surface area contributed by atoms with Gasteiger partial charge in [0.25, 0.3) is 0 Å². The number of benzene rings is 1. The van der Waals surface area contributed by atoms with Crippen LogP contribution in [0, 0.1) is 6.92 Å². The molecule has 0 aliphatic carbocycles. The number of hydrogen-bond donors (Lipinski definition) is 1. The average Bonchev–Trinajstić information content (AvgIpc) is 3.17. The third-order valence-electron chi connectivity index (χ3n) is 5.61. The van der Waals surface area contributed by atoms with Gasteiger partial charge in [-0.25, -0.2) is 4.98 Å². The number of pyridine rings is 1. The van der Waals surface area contributed by atoms with Crippen molar-refractivity contribution >= 4 is 5.65 Å².